The van der Waals surface area contributed by atoms with Gasteiger partial charge >= 0.3 is 0 Å². The zero-order valence-electron chi connectivity index (χ0n) is 44.2. The van der Waals surface area contributed by atoms with Crippen LogP contribution in [0, 0.1) is 5.92 Å². The highest BCUT2D eigenvalue weighted by atomic mass is 16.5. The molecule has 0 radical (unpaired) electrons. The summed E-state index contributed by atoms with van der Waals surface area (Å²) in [6.07, 6.45) is -3.88. The molecular formula is C54H72N8O15. The molecule has 1 saturated heterocycles. The number of phenols is 2. The number of nitrogens with one attached hydrogen (secondary N) is 6. The number of benzene rings is 3. The van der Waals surface area contributed by atoms with Crippen LogP contribution < -0.4 is 31.9 Å². The molecule has 0 spiro atoms. The molecule has 23 nitrogen and oxygen atoms in total. The Kier molecular flexibility index (Phi) is 23.6. The molecule has 23 heteroatoms. The van der Waals surface area contributed by atoms with E-state index in [1.807, 2.05) is 20.8 Å². The summed E-state index contributed by atoms with van der Waals surface area (Å²) in [5.74, 6) is -7.07. The van der Waals surface area contributed by atoms with Crippen LogP contribution in [0.4, 0.5) is 0 Å². The fraction of sp³-hybridized carbons (Fsp3) is 0.463. The van der Waals surface area contributed by atoms with E-state index in [1.165, 1.54) is 63.1 Å². The predicted octanol–water partition coefficient (Wildman–Crippen LogP) is -0.293. The van der Waals surface area contributed by atoms with Gasteiger partial charge < -0.3 is 72.0 Å². The van der Waals surface area contributed by atoms with Crippen molar-refractivity contribution in [2.75, 3.05) is 13.7 Å². The summed E-state index contributed by atoms with van der Waals surface area (Å²) in [6.45, 7) is 8.68. The molecule has 1 aliphatic rings. The first-order chi connectivity index (χ1) is 36.5. The fourth-order valence-corrected chi connectivity index (χ4v) is 8.20. The Bertz CT molecular complexity index is 2550. The molecule has 0 saturated carbocycles. The van der Waals surface area contributed by atoms with E-state index >= 15 is 0 Å². The number of likely N-dealkylation sites (tertiary alicyclic amines) is 1. The van der Waals surface area contributed by atoms with E-state index in [0.717, 1.165) is 4.90 Å². The maximum Gasteiger partial charge on any atom is 0.293 e. The third kappa shape index (κ3) is 17.9. The number of rotatable bonds is 27. The first-order valence-corrected chi connectivity index (χ1v) is 25.2. The number of hydrogen-bond donors (Lipinski definition) is 11. The molecule has 3 aromatic rings. The van der Waals surface area contributed by atoms with E-state index in [0.29, 0.717) is 16.7 Å². The third-order valence-corrected chi connectivity index (χ3v) is 13.3. The number of hydrogen-bond acceptors (Lipinski definition) is 15. The predicted molar refractivity (Wildman–Crippen MR) is 278 cm³/mol. The number of phenolic OH excluding ortho intramolecular Hbond substituents is 2. The van der Waals surface area contributed by atoms with Gasteiger partial charge in [-0.15, -0.1) is 0 Å². The molecule has 1 aliphatic heterocycles. The number of carbonyl (C=O) groups is 9. The van der Waals surface area contributed by atoms with Crippen LogP contribution in [0.5, 0.6) is 11.5 Å². The largest absolute Gasteiger partial charge is 0.508 e. The van der Waals surface area contributed by atoms with Crippen LogP contribution in [0.1, 0.15) is 77.5 Å². The quantitative estimate of drug-likeness (QED) is 0.0345. The minimum atomic E-state index is -1.84. The molecule has 10 unspecified atom stereocenters. The van der Waals surface area contributed by atoms with Gasteiger partial charge in [-0.3, -0.25) is 43.2 Å². The van der Waals surface area contributed by atoms with Gasteiger partial charge in [0.2, 0.25) is 29.5 Å². The van der Waals surface area contributed by atoms with Gasteiger partial charge in [0.15, 0.2) is 6.10 Å². The van der Waals surface area contributed by atoms with Crippen LogP contribution in [0.3, 0.4) is 0 Å². The summed E-state index contributed by atoms with van der Waals surface area (Å²) in [5.41, 5.74) is 1.43. The Morgan fingerprint density at radius 1 is 0.753 bits per heavy atom. The molecular weight excluding hydrogens is 1000 g/mol. The van der Waals surface area contributed by atoms with Gasteiger partial charge in [-0.25, -0.2) is 0 Å². The third-order valence-electron chi connectivity index (χ3n) is 13.3. The van der Waals surface area contributed by atoms with Gasteiger partial charge in [-0.05, 0) is 100 Å². The Hall–Kier alpha value is -7.89. The van der Waals surface area contributed by atoms with Crippen LogP contribution in [0.2, 0.25) is 0 Å². The normalized spacial score (nSPS) is 17.7. The zero-order valence-corrected chi connectivity index (χ0v) is 44.2. The number of piperidine rings is 1. The first-order valence-electron chi connectivity index (χ1n) is 25.2. The summed E-state index contributed by atoms with van der Waals surface area (Å²) >= 11 is 0. The van der Waals surface area contributed by atoms with Crippen molar-refractivity contribution in [3.63, 3.8) is 0 Å². The van der Waals surface area contributed by atoms with Gasteiger partial charge in [0, 0.05) is 25.9 Å². The molecule has 1 fully saturated rings. The van der Waals surface area contributed by atoms with Gasteiger partial charge in [-0.2, -0.15) is 0 Å². The van der Waals surface area contributed by atoms with Crippen LogP contribution in [-0.2, 0) is 67.2 Å². The molecule has 0 bridgehead atoms. The molecule has 0 aromatic heterocycles. The van der Waals surface area contributed by atoms with Crippen molar-refractivity contribution in [1.82, 2.24) is 41.7 Å². The number of allylic oxidation sites excluding steroid dienone is 1. The van der Waals surface area contributed by atoms with Crippen LogP contribution in [0.25, 0.3) is 0 Å². The Morgan fingerprint density at radius 2 is 1.35 bits per heavy atom. The molecule has 1 heterocycles. The summed E-state index contributed by atoms with van der Waals surface area (Å²) in [7, 11) is 1.42. The van der Waals surface area contributed by atoms with Crippen LogP contribution in [0.15, 0.2) is 90.6 Å². The van der Waals surface area contributed by atoms with Crippen molar-refractivity contribution >= 4 is 53.7 Å². The van der Waals surface area contributed by atoms with Gasteiger partial charge in [-0.1, -0.05) is 74.5 Å². The minimum Gasteiger partial charge on any atom is -0.508 e. The summed E-state index contributed by atoms with van der Waals surface area (Å²) in [4.78, 5) is 125. The minimum absolute atomic E-state index is 0.00104. The summed E-state index contributed by atoms with van der Waals surface area (Å²) < 4.78 is 5.05. The average molecular weight is 1070 g/mol. The summed E-state index contributed by atoms with van der Waals surface area (Å²) in [5, 5.41) is 65.2. The Morgan fingerprint density at radius 3 is 1.92 bits per heavy atom. The molecule has 4 rings (SSSR count). The van der Waals surface area contributed by atoms with Crippen molar-refractivity contribution < 1.29 is 73.4 Å². The number of aliphatic hydroxyl groups excluding tert-OH is 3. The molecule has 3 aromatic carbocycles. The summed E-state index contributed by atoms with van der Waals surface area (Å²) in [6, 6.07) is 12.1. The van der Waals surface area contributed by atoms with E-state index in [2.05, 4.69) is 31.9 Å². The molecule has 418 valence electrons. The Balaban J connectivity index is 1.59. The van der Waals surface area contributed by atoms with E-state index in [1.54, 1.807) is 54.6 Å². The topological polar surface area (TPSA) is 343 Å². The maximum atomic E-state index is 14.9. The standard InChI is InChI=1S/C54H72N8O15/c1-8-39(57-52(74)46(33(6)77-29-64)60-49(71)40(23-18-34-14-19-37(65)20-15-34)58-47(69)32(5)56-51(73)44(67)28-63)48(70)59-41-24-25-45(68)62(53(41)75)43(27-35-12-10-9-11-13-35)54(76)61(7)42(50(72)55-31(4)30(2)3)26-36-16-21-38(66)22-17-36/h8-17,19-22,29-33,40-46,63,65-68H,18,23-28H2,1-7H3,(H,55,72)(H,56,73)(H,57,74)(H,58,69)(H,59,70)(H,60,71)/b39-8-. The van der Waals surface area contributed by atoms with Gasteiger partial charge in [0.25, 0.3) is 24.2 Å². The highest BCUT2D eigenvalue weighted by Crippen LogP contribution is 2.25. The second-order valence-corrected chi connectivity index (χ2v) is 19.2. The average Bonchev–Trinajstić information content (AvgIpc) is 3.41. The number of aryl methyl sites for hydroxylation is 1. The van der Waals surface area contributed by atoms with Crippen molar-refractivity contribution in [3.05, 3.63) is 107 Å². The number of carbonyl (C=O) groups excluding carboxylic acids is 9. The smallest absolute Gasteiger partial charge is 0.293 e. The van der Waals surface area contributed by atoms with Crippen LogP contribution in [-0.4, -0.2) is 163 Å². The van der Waals surface area contributed by atoms with Crippen molar-refractivity contribution in [1.29, 1.82) is 0 Å². The number of nitrogens with zero attached hydrogens (tertiary/aromatic N) is 2. The molecule has 77 heavy (non-hydrogen) atoms. The van der Waals surface area contributed by atoms with Gasteiger partial charge in [0.05, 0.1) is 6.61 Å². The zero-order chi connectivity index (χ0) is 57.1. The number of aromatic hydroxyl groups is 2. The van der Waals surface area contributed by atoms with E-state index in [9.17, 15) is 63.6 Å². The van der Waals surface area contributed by atoms with Gasteiger partial charge in [0.1, 0.15) is 65.8 Å². The molecule has 8 amide bonds. The Labute approximate surface area is 446 Å². The highest BCUT2D eigenvalue weighted by Gasteiger charge is 2.45. The van der Waals surface area contributed by atoms with Crippen molar-refractivity contribution in [2.45, 2.75) is 141 Å². The highest BCUT2D eigenvalue weighted by molar-refractivity contribution is 6.02. The monoisotopic (exact) mass is 1070 g/mol. The second-order valence-electron chi connectivity index (χ2n) is 19.2. The van der Waals surface area contributed by atoms with E-state index < -0.39 is 114 Å². The van der Waals surface area contributed by atoms with Crippen molar-refractivity contribution in [3.8, 4) is 11.5 Å². The number of aliphatic hydroxyl groups is 3. The lowest BCUT2D eigenvalue weighted by Gasteiger charge is -2.43. The number of ether oxygens (including phenoxy) is 1. The van der Waals surface area contributed by atoms with Crippen LogP contribution >= 0.6 is 0 Å². The fourth-order valence-electron chi connectivity index (χ4n) is 8.20. The van der Waals surface area contributed by atoms with E-state index in [-0.39, 0.29) is 68.5 Å². The maximum absolute atomic E-state index is 14.9. The second kappa shape index (κ2) is 29.4. The molecule has 0 aliphatic carbocycles. The lowest BCUT2D eigenvalue weighted by atomic mass is 9.95. The molecule has 11 N–H and O–H groups in total. The SMILES string of the molecule is C/C=C(\NC(=O)C(NC(=O)C(CCc1ccc(O)cc1)NC(=O)C(C)NC(=O)C(O)CO)C(C)OC=O)C(=O)NC1CCC(O)N(C(Cc2ccccc2)C(=O)N(C)C(Cc2ccc(O)cc2)C(=O)NC(C)C(C)C)C1=O. The van der Waals surface area contributed by atoms with E-state index in [4.69, 9.17) is 9.84 Å². The van der Waals surface area contributed by atoms with Crippen molar-refractivity contribution in [2.24, 2.45) is 5.92 Å². The number of amides is 8. The number of likely N-dealkylation sites (N-methyl/N-ethyl adjacent to an activating group) is 1. The lowest BCUT2D eigenvalue weighted by Crippen LogP contribution is -2.64. The lowest BCUT2D eigenvalue weighted by molar-refractivity contribution is -0.164. The molecule has 10 atom stereocenters. The first kappa shape index (κ1) is 61.7.